The molecule has 0 unspecified atom stereocenters. The van der Waals surface area contributed by atoms with Crippen LogP contribution in [0.25, 0.3) is 0 Å². The van der Waals surface area contributed by atoms with Crippen molar-refractivity contribution < 1.29 is 9.59 Å². The zero-order valence-electron chi connectivity index (χ0n) is 14.2. The quantitative estimate of drug-likeness (QED) is 0.765. The first-order chi connectivity index (χ1) is 11.6. The number of anilines is 1. The molecule has 0 aliphatic heterocycles. The fourth-order valence-electron chi connectivity index (χ4n) is 2.36. The highest BCUT2D eigenvalue weighted by Gasteiger charge is 2.36. The van der Waals surface area contributed by atoms with Gasteiger partial charge >= 0.3 is 6.03 Å². The van der Waals surface area contributed by atoms with E-state index in [0.717, 1.165) is 5.01 Å². The lowest BCUT2D eigenvalue weighted by Crippen LogP contribution is -2.60. The van der Waals surface area contributed by atoms with Crippen molar-refractivity contribution in [2.24, 2.45) is 5.73 Å². The molecule has 0 fully saturated rings. The molecule has 2 aromatic carbocycles. The molecule has 0 bridgehead atoms. The number of carbonyl (C=O) groups excluding carboxylic acids is 2. The summed E-state index contributed by atoms with van der Waals surface area (Å²) in [5, 5.41) is 3.01. The third kappa shape index (κ3) is 4.24. The molecule has 0 radical (unpaired) electrons. The van der Waals surface area contributed by atoms with Gasteiger partial charge in [0.2, 0.25) is 0 Å². The normalized spacial score (nSPS) is 11.1. The average molecular weight is 380 g/mol. The number of benzene rings is 2. The first-order valence-electron chi connectivity index (χ1n) is 7.57. The van der Waals surface area contributed by atoms with Gasteiger partial charge in [0.1, 0.15) is 0 Å². The van der Waals surface area contributed by atoms with Crippen LogP contribution in [0.15, 0.2) is 48.5 Å². The van der Waals surface area contributed by atoms with E-state index in [0.29, 0.717) is 16.3 Å². The topological polar surface area (TPSA) is 66.6 Å². The van der Waals surface area contributed by atoms with Gasteiger partial charge in [0.25, 0.3) is 5.91 Å². The zero-order valence-corrected chi connectivity index (χ0v) is 15.7. The summed E-state index contributed by atoms with van der Waals surface area (Å²) in [4.78, 5) is 25.3. The molecular weight excluding hydrogens is 361 g/mol. The number of primary amides is 1. The fourth-order valence-corrected chi connectivity index (χ4v) is 2.65. The maximum atomic E-state index is 13.1. The van der Waals surface area contributed by atoms with Gasteiger partial charge in [-0.3, -0.25) is 4.79 Å². The molecule has 0 atom stereocenters. The minimum atomic E-state index is -0.808. The third-order valence-electron chi connectivity index (χ3n) is 3.41. The smallest absolute Gasteiger partial charge is 0.338 e. The Morgan fingerprint density at radius 2 is 1.56 bits per heavy atom. The van der Waals surface area contributed by atoms with E-state index >= 15 is 0 Å². The second kappa shape index (κ2) is 7.33. The molecule has 3 amide bonds. The minimum Gasteiger partial charge on any atom is -0.350 e. The number of halogens is 2. The van der Waals surface area contributed by atoms with Gasteiger partial charge in [-0.05, 0) is 51.1 Å². The van der Waals surface area contributed by atoms with Crippen LogP contribution in [0.1, 0.15) is 31.1 Å². The number of rotatable bonds is 2. The molecule has 0 aliphatic carbocycles. The minimum absolute atomic E-state index is 0.256. The molecule has 2 N–H and O–H groups in total. The van der Waals surface area contributed by atoms with Crippen LogP contribution < -0.4 is 10.7 Å². The van der Waals surface area contributed by atoms with Crippen molar-refractivity contribution in [3.63, 3.8) is 0 Å². The maximum absolute atomic E-state index is 13.1. The van der Waals surface area contributed by atoms with E-state index in [-0.39, 0.29) is 10.9 Å². The summed E-state index contributed by atoms with van der Waals surface area (Å²) in [7, 11) is 0. The molecule has 0 spiro atoms. The van der Waals surface area contributed by atoms with Gasteiger partial charge < -0.3 is 5.73 Å². The van der Waals surface area contributed by atoms with Gasteiger partial charge in [0, 0.05) is 5.56 Å². The third-order valence-corrected chi connectivity index (χ3v) is 4.14. The first kappa shape index (κ1) is 19.1. The number of hydrazine groups is 1. The predicted octanol–water partition coefficient (Wildman–Crippen LogP) is 4.73. The molecular formula is C18H19Cl2N3O2. The second-order valence-corrected chi connectivity index (χ2v) is 7.22. The van der Waals surface area contributed by atoms with Gasteiger partial charge in [-0.25, -0.2) is 9.80 Å². The monoisotopic (exact) mass is 379 g/mol. The summed E-state index contributed by atoms with van der Waals surface area (Å²) in [6.45, 7) is 5.42. The lowest BCUT2D eigenvalue weighted by Gasteiger charge is -2.42. The van der Waals surface area contributed by atoms with Gasteiger partial charge in [-0.15, -0.1) is 0 Å². The van der Waals surface area contributed by atoms with E-state index in [1.807, 2.05) is 6.07 Å². The van der Waals surface area contributed by atoms with Crippen molar-refractivity contribution >= 4 is 40.8 Å². The summed E-state index contributed by atoms with van der Waals surface area (Å²) in [5.41, 5.74) is 5.64. The summed E-state index contributed by atoms with van der Waals surface area (Å²) in [6.07, 6.45) is 0. The van der Waals surface area contributed by atoms with E-state index in [9.17, 15) is 9.59 Å². The van der Waals surface area contributed by atoms with Crippen LogP contribution in [-0.4, -0.2) is 22.5 Å². The van der Waals surface area contributed by atoms with Gasteiger partial charge in [-0.2, -0.15) is 5.01 Å². The van der Waals surface area contributed by atoms with Crippen molar-refractivity contribution in [2.45, 2.75) is 26.3 Å². The largest absolute Gasteiger partial charge is 0.350 e. The summed E-state index contributed by atoms with van der Waals surface area (Å²) in [6, 6.07) is 12.5. The predicted molar refractivity (Wildman–Crippen MR) is 101 cm³/mol. The molecule has 7 heteroatoms. The highest BCUT2D eigenvalue weighted by atomic mass is 35.5. The van der Waals surface area contributed by atoms with Gasteiger partial charge in [0.05, 0.1) is 21.3 Å². The Kier molecular flexibility index (Phi) is 5.60. The van der Waals surface area contributed by atoms with Crippen LogP contribution in [0.3, 0.4) is 0 Å². The van der Waals surface area contributed by atoms with E-state index in [4.69, 9.17) is 28.9 Å². The van der Waals surface area contributed by atoms with Crippen LogP contribution in [0.4, 0.5) is 10.5 Å². The number of amides is 3. The van der Waals surface area contributed by atoms with Crippen LogP contribution in [0.2, 0.25) is 10.0 Å². The van der Waals surface area contributed by atoms with Gasteiger partial charge in [0.15, 0.2) is 0 Å². The number of urea groups is 1. The highest BCUT2D eigenvalue weighted by Crippen LogP contribution is 2.31. The number of hydrogen-bond acceptors (Lipinski definition) is 2. The van der Waals surface area contributed by atoms with Crippen molar-refractivity contribution in [1.82, 2.24) is 5.01 Å². The molecule has 2 rings (SSSR count). The first-order valence-corrected chi connectivity index (χ1v) is 8.32. The number of nitrogens with zero attached hydrogens (tertiary/aromatic N) is 2. The van der Waals surface area contributed by atoms with Crippen LogP contribution >= 0.6 is 23.2 Å². The average Bonchev–Trinajstić information content (AvgIpc) is 2.54. The van der Waals surface area contributed by atoms with E-state index in [1.54, 1.807) is 57.2 Å². The highest BCUT2D eigenvalue weighted by molar-refractivity contribution is 6.42. The van der Waals surface area contributed by atoms with E-state index < -0.39 is 11.6 Å². The molecule has 0 saturated heterocycles. The Hall–Kier alpha value is -2.24. The fraction of sp³-hybridized carbons (Fsp3) is 0.222. The maximum Gasteiger partial charge on any atom is 0.338 e. The summed E-state index contributed by atoms with van der Waals surface area (Å²) in [5.74, 6) is -0.363. The Labute approximate surface area is 156 Å². The molecule has 25 heavy (non-hydrogen) atoms. The lowest BCUT2D eigenvalue weighted by molar-refractivity contribution is 0.0569. The summed E-state index contributed by atoms with van der Waals surface area (Å²) < 4.78 is 0. The molecule has 0 aliphatic rings. The molecule has 5 nitrogen and oxygen atoms in total. The Morgan fingerprint density at radius 1 is 0.960 bits per heavy atom. The molecule has 0 aromatic heterocycles. The molecule has 2 aromatic rings. The SMILES string of the molecule is CC(C)(C)N(C(=O)c1ccccc1)N(C(N)=O)c1ccc(Cl)c(Cl)c1. The Morgan fingerprint density at radius 3 is 2.04 bits per heavy atom. The van der Waals surface area contributed by atoms with Crippen molar-refractivity contribution in [3.05, 3.63) is 64.1 Å². The molecule has 132 valence electrons. The zero-order chi connectivity index (χ0) is 18.8. The lowest BCUT2D eigenvalue weighted by atomic mass is 10.1. The van der Waals surface area contributed by atoms with Crippen LogP contribution in [0.5, 0.6) is 0 Å². The number of hydrogen-bond donors (Lipinski definition) is 1. The number of carbonyl (C=O) groups is 2. The van der Waals surface area contributed by atoms with E-state index in [1.165, 1.54) is 11.1 Å². The molecule has 0 heterocycles. The van der Waals surface area contributed by atoms with Crippen LogP contribution in [-0.2, 0) is 0 Å². The van der Waals surface area contributed by atoms with E-state index in [2.05, 4.69) is 0 Å². The van der Waals surface area contributed by atoms with Crippen molar-refractivity contribution in [2.75, 3.05) is 5.01 Å². The van der Waals surface area contributed by atoms with Crippen molar-refractivity contribution in [3.8, 4) is 0 Å². The molecule has 0 saturated carbocycles. The Balaban J connectivity index is 2.58. The second-order valence-electron chi connectivity index (χ2n) is 6.40. The van der Waals surface area contributed by atoms with Crippen molar-refractivity contribution in [1.29, 1.82) is 0 Å². The summed E-state index contributed by atoms with van der Waals surface area (Å²) >= 11 is 12.0. The standard InChI is InChI=1S/C18H19Cl2N3O2/c1-18(2,3)23(16(24)12-7-5-4-6-8-12)22(17(21)25)13-9-10-14(19)15(20)11-13/h4-11H,1-3H3,(H2,21,25). The van der Waals surface area contributed by atoms with Crippen LogP contribution in [0, 0.1) is 0 Å². The number of nitrogens with two attached hydrogens (primary N) is 1. The Bertz CT molecular complexity index is 789. The van der Waals surface area contributed by atoms with Gasteiger partial charge in [-0.1, -0.05) is 41.4 Å².